The summed E-state index contributed by atoms with van der Waals surface area (Å²) in [6, 6.07) is 3.97. The quantitative estimate of drug-likeness (QED) is 0.632. The van der Waals surface area contributed by atoms with Gasteiger partial charge in [-0.05, 0) is 17.7 Å². The lowest BCUT2D eigenvalue weighted by Gasteiger charge is -1.87. The summed E-state index contributed by atoms with van der Waals surface area (Å²) in [7, 11) is 0. The third kappa shape index (κ3) is 2.06. The number of rotatable bonds is 2. The third-order valence-corrected chi connectivity index (χ3v) is 1.57. The van der Waals surface area contributed by atoms with Crippen molar-refractivity contribution in [3.8, 4) is 0 Å². The fraction of sp³-hybridized carbons (Fsp3) is 0.182. The Hall–Kier alpha value is -1.37. The van der Waals surface area contributed by atoms with E-state index in [9.17, 15) is 0 Å². The van der Waals surface area contributed by atoms with Gasteiger partial charge in [0.05, 0.1) is 5.35 Å². The zero-order chi connectivity index (χ0) is 8.81. The molecule has 0 amide bonds. The van der Waals surface area contributed by atoms with E-state index in [-0.39, 0.29) is 0 Å². The Balaban J connectivity index is 3.37. The van der Waals surface area contributed by atoms with Crippen LogP contribution in [-0.2, 0) is 0 Å². The summed E-state index contributed by atoms with van der Waals surface area (Å²) in [6.07, 6.45) is 8.67. The maximum Gasteiger partial charge on any atom is 0.0662 e. The van der Waals surface area contributed by atoms with Crippen LogP contribution < -0.4 is 10.6 Å². The Morgan fingerprint density at radius 2 is 2.42 bits per heavy atom. The normalized spacial score (nSPS) is 13.4. The van der Waals surface area contributed by atoms with E-state index < -0.39 is 0 Å². The molecular formula is C11H13N. The van der Waals surface area contributed by atoms with Gasteiger partial charge in [-0.2, -0.15) is 0 Å². The molecule has 0 aliphatic carbocycles. The highest BCUT2D eigenvalue weighted by Gasteiger charge is 1.81. The van der Waals surface area contributed by atoms with Crippen molar-refractivity contribution in [1.29, 1.82) is 0 Å². The lowest BCUT2D eigenvalue weighted by Crippen LogP contribution is -2.26. The van der Waals surface area contributed by atoms with Gasteiger partial charge < -0.3 is 0 Å². The molecule has 0 aliphatic heterocycles. The van der Waals surface area contributed by atoms with E-state index in [1.54, 1.807) is 6.08 Å². The van der Waals surface area contributed by atoms with Crippen LogP contribution in [0.1, 0.15) is 13.3 Å². The van der Waals surface area contributed by atoms with Gasteiger partial charge in [0.15, 0.2) is 0 Å². The van der Waals surface area contributed by atoms with Crippen LogP contribution in [0.4, 0.5) is 0 Å². The van der Waals surface area contributed by atoms with E-state index in [2.05, 4.69) is 24.6 Å². The molecule has 1 aromatic heterocycles. The SMILES string of the molecule is C=C/C=c1/cccn/c1=C/CC. The summed E-state index contributed by atoms with van der Waals surface area (Å²) >= 11 is 0. The number of hydrogen-bond donors (Lipinski definition) is 0. The van der Waals surface area contributed by atoms with Crippen LogP contribution in [0.3, 0.4) is 0 Å². The highest BCUT2D eigenvalue weighted by molar-refractivity contribution is 5.36. The summed E-state index contributed by atoms with van der Waals surface area (Å²) in [6.45, 7) is 5.76. The second-order valence-corrected chi connectivity index (χ2v) is 2.49. The molecule has 0 bridgehead atoms. The van der Waals surface area contributed by atoms with Crippen molar-refractivity contribution in [2.75, 3.05) is 0 Å². The van der Waals surface area contributed by atoms with Crippen molar-refractivity contribution in [1.82, 2.24) is 4.98 Å². The first-order valence-electron chi connectivity index (χ1n) is 4.12. The first-order valence-corrected chi connectivity index (χ1v) is 4.12. The zero-order valence-electron chi connectivity index (χ0n) is 7.33. The van der Waals surface area contributed by atoms with Crippen LogP contribution in [0.15, 0.2) is 31.0 Å². The predicted molar refractivity (Wildman–Crippen MR) is 52.9 cm³/mol. The molecule has 62 valence electrons. The molecule has 1 aromatic rings. The molecule has 0 saturated carbocycles. The molecule has 0 atom stereocenters. The van der Waals surface area contributed by atoms with Crippen LogP contribution in [0.5, 0.6) is 0 Å². The topological polar surface area (TPSA) is 12.9 Å². The van der Waals surface area contributed by atoms with E-state index >= 15 is 0 Å². The molecule has 0 unspecified atom stereocenters. The second-order valence-electron chi connectivity index (χ2n) is 2.49. The van der Waals surface area contributed by atoms with E-state index in [0.717, 1.165) is 17.0 Å². The molecule has 0 radical (unpaired) electrons. The second kappa shape index (κ2) is 4.50. The van der Waals surface area contributed by atoms with Crippen LogP contribution in [0, 0.1) is 0 Å². The van der Waals surface area contributed by atoms with Crippen LogP contribution in [0.25, 0.3) is 12.2 Å². The fourth-order valence-corrected chi connectivity index (χ4v) is 1.06. The number of aromatic nitrogens is 1. The number of allylic oxidation sites excluding steroid dienone is 1. The van der Waals surface area contributed by atoms with Gasteiger partial charge in [0.1, 0.15) is 0 Å². The van der Waals surface area contributed by atoms with Crippen molar-refractivity contribution >= 4 is 12.2 Å². The van der Waals surface area contributed by atoms with E-state index in [1.165, 1.54) is 0 Å². The minimum atomic E-state index is 1.01. The van der Waals surface area contributed by atoms with Gasteiger partial charge in [-0.3, -0.25) is 4.98 Å². The number of hydrogen-bond acceptors (Lipinski definition) is 1. The average molecular weight is 159 g/mol. The first kappa shape index (κ1) is 8.72. The summed E-state index contributed by atoms with van der Waals surface area (Å²) in [5, 5.41) is 2.18. The van der Waals surface area contributed by atoms with Gasteiger partial charge in [0.2, 0.25) is 0 Å². The Bertz CT molecular complexity index is 363. The predicted octanol–water partition coefficient (Wildman–Crippen LogP) is 1.24. The maximum absolute atomic E-state index is 4.25. The summed E-state index contributed by atoms with van der Waals surface area (Å²) in [4.78, 5) is 4.25. The largest absolute Gasteiger partial charge is 0.257 e. The van der Waals surface area contributed by atoms with Crippen LogP contribution >= 0.6 is 0 Å². The van der Waals surface area contributed by atoms with Crippen molar-refractivity contribution in [2.45, 2.75) is 13.3 Å². The van der Waals surface area contributed by atoms with Gasteiger partial charge in [-0.1, -0.05) is 37.8 Å². The fourth-order valence-electron chi connectivity index (χ4n) is 1.06. The molecule has 0 N–H and O–H groups in total. The monoisotopic (exact) mass is 159 g/mol. The minimum Gasteiger partial charge on any atom is -0.257 e. The van der Waals surface area contributed by atoms with Gasteiger partial charge in [0, 0.05) is 6.20 Å². The highest BCUT2D eigenvalue weighted by atomic mass is 14.6. The molecule has 0 fully saturated rings. The van der Waals surface area contributed by atoms with Gasteiger partial charge >= 0.3 is 0 Å². The highest BCUT2D eigenvalue weighted by Crippen LogP contribution is 1.74. The van der Waals surface area contributed by atoms with Crippen molar-refractivity contribution in [3.05, 3.63) is 41.6 Å². The van der Waals surface area contributed by atoms with Crippen LogP contribution in [-0.4, -0.2) is 4.98 Å². The Morgan fingerprint density at radius 3 is 3.08 bits per heavy atom. The van der Waals surface area contributed by atoms with Gasteiger partial charge in [-0.25, -0.2) is 0 Å². The van der Waals surface area contributed by atoms with Gasteiger partial charge in [0.25, 0.3) is 0 Å². The Morgan fingerprint density at radius 1 is 1.58 bits per heavy atom. The van der Waals surface area contributed by atoms with E-state index in [1.807, 2.05) is 24.4 Å². The molecule has 0 aromatic carbocycles. The molecular weight excluding hydrogens is 146 g/mol. The number of nitrogens with zero attached hydrogens (tertiary/aromatic N) is 1. The lowest BCUT2D eigenvalue weighted by atomic mass is 10.3. The summed E-state index contributed by atoms with van der Waals surface area (Å²) in [5.74, 6) is 0. The van der Waals surface area contributed by atoms with Crippen LogP contribution in [0.2, 0.25) is 0 Å². The van der Waals surface area contributed by atoms with Crippen molar-refractivity contribution in [3.63, 3.8) is 0 Å². The molecule has 1 rings (SSSR count). The van der Waals surface area contributed by atoms with Crippen molar-refractivity contribution in [2.24, 2.45) is 0 Å². The maximum atomic E-state index is 4.25. The molecule has 1 heterocycles. The Kier molecular flexibility index (Phi) is 3.27. The van der Waals surface area contributed by atoms with E-state index in [0.29, 0.717) is 0 Å². The lowest BCUT2D eigenvalue weighted by molar-refractivity contribution is 1.18. The van der Waals surface area contributed by atoms with Gasteiger partial charge in [-0.15, -0.1) is 0 Å². The first-order chi connectivity index (χ1) is 5.88. The summed E-state index contributed by atoms with van der Waals surface area (Å²) in [5.41, 5.74) is 0. The minimum absolute atomic E-state index is 1.01. The molecule has 12 heavy (non-hydrogen) atoms. The number of pyridine rings is 1. The average Bonchev–Trinajstić information content (AvgIpc) is 2.09. The smallest absolute Gasteiger partial charge is 0.0662 e. The molecule has 0 saturated heterocycles. The standard InChI is InChI=1S/C11H13N/c1-3-6-10-8-5-9-12-11(10)7-4-2/h3,5-9H,1,4H2,2H3/b10-6-,11-7+. The Labute approximate surface area is 72.8 Å². The molecule has 1 nitrogen and oxygen atoms in total. The zero-order valence-corrected chi connectivity index (χ0v) is 7.33. The molecule has 1 heteroatoms. The summed E-state index contributed by atoms with van der Waals surface area (Å²) < 4.78 is 0. The van der Waals surface area contributed by atoms with E-state index in [4.69, 9.17) is 0 Å². The third-order valence-electron chi connectivity index (χ3n) is 1.57. The molecule has 0 spiro atoms. The van der Waals surface area contributed by atoms with Crippen molar-refractivity contribution < 1.29 is 0 Å². The molecule has 0 aliphatic rings.